The zero-order chi connectivity index (χ0) is 24.5. The van der Waals surface area contributed by atoms with Crippen molar-refractivity contribution in [2.45, 2.75) is 7.43 Å². The molecule has 0 amide bonds. The Morgan fingerprint density at radius 3 is 1.94 bits per heavy atom. The molecule has 0 saturated heterocycles. The van der Waals surface area contributed by atoms with E-state index in [1.807, 2.05) is 66.5 Å². The summed E-state index contributed by atoms with van der Waals surface area (Å²) in [6, 6.07) is 16.0. The summed E-state index contributed by atoms with van der Waals surface area (Å²) in [5.74, 6) is 0. The van der Waals surface area contributed by atoms with Gasteiger partial charge in [-0.2, -0.15) is 0 Å². The predicted molar refractivity (Wildman–Crippen MR) is 150 cm³/mol. The van der Waals surface area contributed by atoms with Crippen molar-refractivity contribution in [3.8, 4) is 22.5 Å². The van der Waals surface area contributed by atoms with E-state index in [1.54, 1.807) is 0 Å². The fourth-order valence-electron chi connectivity index (χ4n) is 3.87. The maximum absolute atomic E-state index is 6.15. The molecule has 182 valence electrons. The number of rotatable bonds is 2. The number of hydrogen-bond acceptors (Lipinski definition) is 4. The summed E-state index contributed by atoms with van der Waals surface area (Å²) in [7, 11) is 1.99. The maximum Gasteiger partial charge on any atom is 0.222 e. The van der Waals surface area contributed by atoms with Crippen LogP contribution < -0.4 is 0 Å². The smallest absolute Gasteiger partial charge is 0.222 e. The predicted octanol–water partition coefficient (Wildman–Crippen LogP) is 8.51. The molecule has 4 heterocycles. The van der Waals surface area contributed by atoms with Crippen molar-refractivity contribution in [3.63, 3.8) is 0 Å². The molecule has 0 aliphatic rings. The SMILES string of the molecule is C.Clc1ncc(Cl)c(-c2c[nH]c3ccccc23)n1.Cn1cc(-c2nc(Cl)ncc2Cl)c2ccccc21. The van der Waals surface area contributed by atoms with E-state index in [0.717, 1.165) is 32.9 Å². The lowest BCUT2D eigenvalue weighted by atomic mass is 10.1. The lowest BCUT2D eigenvalue weighted by Gasteiger charge is -2.01. The van der Waals surface area contributed by atoms with Crippen LogP contribution in [0.3, 0.4) is 0 Å². The van der Waals surface area contributed by atoms with Crippen LogP contribution in [0.15, 0.2) is 73.3 Å². The molecule has 4 aromatic heterocycles. The van der Waals surface area contributed by atoms with Crippen LogP contribution in [-0.2, 0) is 7.05 Å². The van der Waals surface area contributed by atoms with E-state index in [1.165, 1.54) is 12.4 Å². The third-order valence-corrected chi connectivity index (χ3v) is 6.34. The van der Waals surface area contributed by atoms with Gasteiger partial charge in [0.15, 0.2) is 0 Å². The number of fused-ring (bicyclic) bond motifs is 2. The molecule has 6 nitrogen and oxygen atoms in total. The first-order valence-electron chi connectivity index (χ1n) is 10.4. The molecule has 0 radical (unpaired) electrons. The Hall–Kier alpha value is -3.16. The van der Waals surface area contributed by atoms with Gasteiger partial charge >= 0.3 is 0 Å². The molecule has 0 aliphatic heterocycles. The van der Waals surface area contributed by atoms with Gasteiger partial charge in [0.1, 0.15) is 0 Å². The van der Waals surface area contributed by atoms with Gasteiger partial charge in [0.25, 0.3) is 0 Å². The fourth-order valence-corrected chi connectivity index (χ4v) is 4.52. The largest absolute Gasteiger partial charge is 0.360 e. The minimum absolute atomic E-state index is 0. The number of aromatic nitrogens is 6. The van der Waals surface area contributed by atoms with Crippen LogP contribution in [0.1, 0.15) is 7.43 Å². The Morgan fingerprint density at radius 1 is 0.722 bits per heavy atom. The molecule has 0 spiro atoms. The van der Waals surface area contributed by atoms with Crippen LogP contribution in [0.2, 0.25) is 20.6 Å². The van der Waals surface area contributed by atoms with E-state index in [2.05, 4.69) is 31.0 Å². The van der Waals surface area contributed by atoms with Gasteiger partial charge in [0, 0.05) is 52.4 Å². The first-order valence-corrected chi connectivity index (χ1v) is 11.9. The number of nitrogens with one attached hydrogen (secondary N) is 1. The summed E-state index contributed by atoms with van der Waals surface area (Å²) < 4.78 is 2.04. The number of para-hydroxylation sites is 2. The minimum atomic E-state index is 0. The van der Waals surface area contributed by atoms with Gasteiger partial charge in [0.2, 0.25) is 10.6 Å². The first-order chi connectivity index (χ1) is 16.9. The van der Waals surface area contributed by atoms with E-state index in [9.17, 15) is 0 Å². The van der Waals surface area contributed by atoms with Crippen molar-refractivity contribution < 1.29 is 0 Å². The highest BCUT2D eigenvalue weighted by molar-refractivity contribution is 6.34. The van der Waals surface area contributed by atoms with Crippen LogP contribution >= 0.6 is 46.4 Å². The average molecular weight is 558 g/mol. The molecule has 6 rings (SSSR count). The average Bonchev–Trinajstić information content (AvgIpc) is 3.44. The van der Waals surface area contributed by atoms with E-state index >= 15 is 0 Å². The number of benzene rings is 2. The highest BCUT2D eigenvalue weighted by Gasteiger charge is 2.14. The molecule has 0 atom stereocenters. The summed E-state index contributed by atoms with van der Waals surface area (Å²) in [6.45, 7) is 0. The van der Waals surface area contributed by atoms with Crippen molar-refractivity contribution in [2.24, 2.45) is 7.05 Å². The Kier molecular flexibility index (Phi) is 7.81. The topological polar surface area (TPSA) is 72.3 Å². The van der Waals surface area contributed by atoms with E-state index < -0.39 is 0 Å². The molecule has 0 saturated carbocycles. The van der Waals surface area contributed by atoms with Gasteiger partial charge in [-0.15, -0.1) is 0 Å². The molecule has 10 heteroatoms. The molecule has 0 aliphatic carbocycles. The molecule has 0 bridgehead atoms. The van der Waals surface area contributed by atoms with E-state index in [4.69, 9.17) is 46.4 Å². The number of nitrogens with zero attached hydrogens (tertiary/aromatic N) is 5. The molecular weight excluding hydrogens is 538 g/mol. The van der Waals surface area contributed by atoms with E-state index in [-0.39, 0.29) is 18.0 Å². The Morgan fingerprint density at radius 2 is 1.28 bits per heavy atom. The van der Waals surface area contributed by atoms with Gasteiger partial charge in [-0.3, -0.25) is 0 Å². The monoisotopic (exact) mass is 556 g/mol. The normalized spacial score (nSPS) is 10.7. The number of halogens is 4. The highest BCUT2D eigenvalue weighted by Crippen LogP contribution is 2.34. The van der Waals surface area contributed by atoms with Crippen LogP contribution in [0.5, 0.6) is 0 Å². The molecule has 0 unspecified atom stereocenters. The standard InChI is InChI=1S/C13H9Cl2N3.C12H7Cl2N3.CH4/c1-18-7-9(8-4-2-3-5-11(8)18)12-10(14)6-16-13(15)17-12;13-9-6-16-12(14)17-11(9)8-5-15-10-4-2-1-3-7(8)10;/h2-7H,1H3;1-6,15H;1H4. The number of H-pyrrole nitrogens is 1. The van der Waals surface area contributed by atoms with Crippen molar-refractivity contribution >= 4 is 68.2 Å². The summed E-state index contributed by atoms with van der Waals surface area (Å²) in [6.07, 6.45) is 6.90. The van der Waals surface area contributed by atoms with Gasteiger partial charge in [-0.05, 0) is 35.3 Å². The summed E-state index contributed by atoms with van der Waals surface area (Å²) in [5, 5.41) is 3.52. The second kappa shape index (κ2) is 10.8. The van der Waals surface area contributed by atoms with Crippen molar-refractivity contribution in [1.82, 2.24) is 29.5 Å². The van der Waals surface area contributed by atoms with Gasteiger partial charge in [0.05, 0.1) is 33.8 Å². The zero-order valence-electron chi connectivity index (χ0n) is 18.2. The zero-order valence-corrected chi connectivity index (χ0v) is 21.2. The second-order valence-corrected chi connectivity index (χ2v) is 9.08. The van der Waals surface area contributed by atoms with Crippen LogP contribution in [0.25, 0.3) is 44.3 Å². The van der Waals surface area contributed by atoms with Gasteiger partial charge in [-0.25, -0.2) is 19.9 Å². The number of aromatic amines is 1. The van der Waals surface area contributed by atoms with Crippen molar-refractivity contribution in [2.75, 3.05) is 0 Å². The van der Waals surface area contributed by atoms with Crippen molar-refractivity contribution in [3.05, 3.63) is 93.9 Å². The molecule has 6 aromatic rings. The first kappa shape index (κ1) is 25.9. The number of hydrogen-bond donors (Lipinski definition) is 1. The summed E-state index contributed by atoms with van der Waals surface area (Å²) in [5.41, 5.74) is 5.35. The Bertz CT molecular complexity index is 1670. The third kappa shape index (κ3) is 5.04. The highest BCUT2D eigenvalue weighted by atomic mass is 35.5. The van der Waals surface area contributed by atoms with Crippen LogP contribution in [0.4, 0.5) is 0 Å². The summed E-state index contributed by atoms with van der Waals surface area (Å²) >= 11 is 23.9. The third-order valence-electron chi connectivity index (χ3n) is 5.43. The lowest BCUT2D eigenvalue weighted by molar-refractivity contribution is 0.969. The minimum Gasteiger partial charge on any atom is -0.360 e. The van der Waals surface area contributed by atoms with E-state index in [0.29, 0.717) is 21.4 Å². The van der Waals surface area contributed by atoms with Gasteiger partial charge < -0.3 is 9.55 Å². The molecule has 36 heavy (non-hydrogen) atoms. The molecule has 1 N–H and O–H groups in total. The quantitative estimate of drug-likeness (QED) is 0.216. The summed E-state index contributed by atoms with van der Waals surface area (Å²) in [4.78, 5) is 19.3. The molecule has 0 fully saturated rings. The van der Waals surface area contributed by atoms with Crippen LogP contribution in [-0.4, -0.2) is 29.5 Å². The molecular formula is C26H20Cl4N6. The molecule has 2 aromatic carbocycles. The Labute approximate surface area is 227 Å². The van der Waals surface area contributed by atoms with Gasteiger partial charge in [-0.1, -0.05) is 67.0 Å². The number of aryl methyl sites for hydroxylation is 1. The fraction of sp³-hybridized carbons (Fsp3) is 0.0769. The lowest BCUT2D eigenvalue weighted by Crippen LogP contribution is -1.88. The van der Waals surface area contributed by atoms with Crippen molar-refractivity contribution in [1.29, 1.82) is 0 Å². The Balaban J connectivity index is 0.000000165. The maximum atomic E-state index is 6.15. The van der Waals surface area contributed by atoms with Crippen LogP contribution in [0, 0.1) is 0 Å². The second-order valence-electron chi connectivity index (χ2n) is 7.59.